The van der Waals surface area contributed by atoms with Crippen LogP contribution in [-0.2, 0) is 0 Å². The van der Waals surface area contributed by atoms with Gasteiger partial charge in [0.2, 0.25) is 0 Å². The van der Waals surface area contributed by atoms with Crippen molar-refractivity contribution in [1.82, 2.24) is 0 Å². The van der Waals surface area contributed by atoms with Gasteiger partial charge in [0.15, 0.2) is 0 Å². The first-order valence-corrected chi connectivity index (χ1v) is 8.04. The van der Waals surface area contributed by atoms with E-state index in [-0.39, 0.29) is 12.8 Å². The van der Waals surface area contributed by atoms with Crippen LogP contribution in [0.4, 0.5) is 26.3 Å². The molecule has 0 saturated heterocycles. The molecule has 23 heavy (non-hydrogen) atoms. The molecule has 0 heterocycles. The van der Waals surface area contributed by atoms with Gasteiger partial charge in [-0.05, 0) is 12.8 Å². The predicted octanol–water partition coefficient (Wildman–Crippen LogP) is 5.12. The van der Waals surface area contributed by atoms with E-state index in [0.717, 1.165) is 32.1 Å². The third-order valence-electron chi connectivity index (χ3n) is 3.71. The Morgan fingerprint density at radius 2 is 0.696 bits per heavy atom. The lowest BCUT2D eigenvalue weighted by Crippen LogP contribution is -2.28. The fourth-order valence-electron chi connectivity index (χ4n) is 2.24. The highest BCUT2D eigenvalue weighted by atomic mass is 19.4. The maximum atomic E-state index is 12.0. The van der Waals surface area contributed by atoms with E-state index in [4.69, 9.17) is 10.2 Å². The molecule has 0 radical (unpaired) electrons. The summed E-state index contributed by atoms with van der Waals surface area (Å²) in [5.41, 5.74) is 0. The SMILES string of the molecule is OC(CCCCCCCCCCCC(O)C(F)(F)F)C(F)(F)F. The Morgan fingerprint density at radius 3 is 0.913 bits per heavy atom. The standard InChI is InChI=1S/C15H26F6O2/c16-14(17,18)12(22)10-8-6-4-2-1-3-5-7-9-11-13(23)15(19,20)21/h12-13,22-23H,1-11H2. The Morgan fingerprint density at radius 1 is 0.478 bits per heavy atom. The Hall–Kier alpha value is -0.500. The second kappa shape index (κ2) is 11.1. The summed E-state index contributed by atoms with van der Waals surface area (Å²) < 4.78 is 72.1. The average Bonchev–Trinajstić information content (AvgIpc) is 2.42. The second-order valence-corrected chi connectivity index (χ2v) is 5.87. The molecule has 0 bridgehead atoms. The summed E-state index contributed by atoms with van der Waals surface area (Å²) in [6.45, 7) is 0. The van der Waals surface area contributed by atoms with Crippen molar-refractivity contribution >= 4 is 0 Å². The quantitative estimate of drug-likeness (QED) is 0.378. The molecular formula is C15H26F6O2. The summed E-state index contributed by atoms with van der Waals surface area (Å²) in [6, 6.07) is 0. The maximum Gasteiger partial charge on any atom is 0.414 e. The van der Waals surface area contributed by atoms with Gasteiger partial charge in [-0.2, -0.15) is 26.3 Å². The molecule has 2 N–H and O–H groups in total. The number of halogens is 6. The molecule has 0 spiro atoms. The van der Waals surface area contributed by atoms with Crippen molar-refractivity contribution in [2.45, 2.75) is 95.2 Å². The van der Waals surface area contributed by atoms with Gasteiger partial charge < -0.3 is 10.2 Å². The minimum absolute atomic E-state index is 0.273. The number of alkyl halides is 6. The zero-order chi connectivity index (χ0) is 17.9. The summed E-state index contributed by atoms with van der Waals surface area (Å²) in [5, 5.41) is 17.6. The minimum atomic E-state index is -4.54. The van der Waals surface area contributed by atoms with Gasteiger partial charge in [-0.1, -0.05) is 57.8 Å². The molecular weight excluding hydrogens is 326 g/mol. The number of rotatable bonds is 12. The van der Waals surface area contributed by atoms with Gasteiger partial charge in [-0.3, -0.25) is 0 Å². The van der Waals surface area contributed by atoms with Gasteiger partial charge in [-0.25, -0.2) is 0 Å². The van der Waals surface area contributed by atoms with Crippen LogP contribution in [0.3, 0.4) is 0 Å². The summed E-state index contributed by atoms with van der Waals surface area (Å²) in [6.07, 6.45) is -7.99. The number of aliphatic hydroxyl groups is 2. The molecule has 0 aromatic heterocycles. The number of hydrogen-bond donors (Lipinski definition) is 2. The van der Waals surface area contributed by atoms with Gasteiger partial charge in [0, 0.05) is 0 Å². The van der Waals surface area contributed by atoms with E-state index in [0.29, 0.717) is 25.7 Å². The molecule has 0 saturated carbocycles. The van der Waals surface area contributed by atoms with Crippen LogP contribution < -0.4 is 0 Å². The molecule has 2 atom stereocenters. The summed E-state index contributed by atoms with van der Waals surface area (Å²) in [5.74, 6) is 0. The van der Waals surface area contributed by atoms with E-state index >= 15 is 0 Å². The fourth-order valence-corrected chi connectivity index (χ4v) is 2.24. The van der Waals surface area contributed by atoms with Crippen LogP contribution in [0.5, 0.6) is 0 Å². The zero-order valence-electron chi connectivity index (χ0n) is 13.1. The molecule has 0 amide bonds. The van der Waals surface area contributed by atoms with E-state index in [9.17, 15) is 26.3 Å². The lowest BCUT2D eigenvalue weighted by Gasteiger charge is -2.14. The van der Waals surface area contributed by atoms with E-state index < -0.39 is 24.6 Å². The molecule has 0 aromatic rings. The van der Waals surface area contributed by atoms with Crippen molar-refractivity contribution in [2.24, 2.45) is 0 Å². The summed E-state index contributed by atoms with van der Waals surface area (Å²) in [4.78, 5) is 0. The highest BCUT2D eigenvalue weighted by molar-refractivity contribution is 4.65. The monoisotopic (exact) mass is 352 g/mol. The third kappa shape index (κ3) is 12.6. The number of aliphatic hydroxyl groups excluding tert-OH is 2. The van der Waals surface area contributed by atoms with Crippen LogP contribution in [0.2, 0.25) is 0 Å². The van der Waals surface area contributed by atoms with Gasteiger partial charge in [0.25, 0.3) is 0 Å². The van der Waals surface area contributed by atoms with Crippen LogP contribution in [0.15, 0.2) is 0 Å². The van der Waals surface area contributed by atoms with Crippen molar-refractivity contribution in [3.05, 3.63) is 0 Å². The van der Waals surface area contributed by atoms with Gasteiger partial charge in [0.1, 0.15) is 12.2 Å². The highest BCUT2D eigenvalue weighted by Gasteiger charge is 2.37. The Bertz CT molecular complexity index is 263. The van der Waals surface area contributed by atoms with Crippen molar-refractivity contribution < 1.29 is 36.6 Å². The fraction of sp³-hybridized carbons (Fsp3) is 1.00. The van der Waals surface area contributed by atoms with Crippen LogP contribution in [0, 0.1) is 0 Å². The van der Waals surface area contributed by atoms with Gasteiger partial charge in [-0.15, -0.1) is 0 Å². The first kappa shape index (κ1) is 22.5. The van der Waals surface area contributed by atoms with E-state index in [1.807, 2.05) is 0 Å². The first-order valence-electron chi connectivity index (χ1n) is 8.04. The van der Waals surface area contributed by atoms with Crippen LogP contribution in [-0.4, -0.2) is 34.8 Å². The molecule has 0 aliphatic rings. The molecule has 0 rings (SSSR count). The van der Waals surface area contributed by atoms with Crippen molar-refractivity contribution in [3.63, 3.8) is 0 Å². The number of hydrogen-bond acceptors (Lipinski definition) is 2. The van der Waals surface area contributed by atoms with Crippen molar-refractivity contribution in [2.75, 3.05) is 0 Å². The topological polar surface area (TPSA) is 40.5 Å². The average molecular weight is 352 g/mol. The number of unbranched alkanes of at least 4 members (excludes halogenated alkanes) is 8. The molecule has 0 aliphatic heterocycles. The van der Waals surface area contributed by atoms with Crippen LogP contribution in [0.25, 0.3) is 0 Å². The Kier molecular flexibility index (Phi) is 10.9. The molecule has 2 unspecified atom stereocenters. The molecule has 140 valence electrons. The third-order valence-corrected chi connectivity index (χ3v) is 3.71. The summed E-state index contributed by atoms with van der Waals surface area (Å²) in [7, 11) is 0. The summed E-state index contributed by atoms with van der Waals surface area (Å²) >= 11 is 0. The van der Waals surface area contributed by atoms with Gasteiger partial charge >= 0.3 is 12.4 Å². The normalized spacial score (nSPS) is 15.7. The van der Waals surface area contributed by atoms with Gasteiger partial charge in [0.05, 0.1) is 0 Å². The lowest BCUT2D eigenvalue weighted by molar-refractivity contribution is -0.206. The van der Waals surface area contributed by atoms with E-state index in [1.54, 1.807) is 0 Å². The van der Waals surface area contributed by atoms with Crippen LogP contribution in [0.1, 0.15) is 70.6 Å². The van der Waals surface area contributed by atoms with Crippen LogP contribution >= 0.6 is 0 Å². The molecule has 0 fully saturated rings. The second-order valence-electron chi connectivity index (χ2n) is 5.87. The maximum absolute atomic E-state index is 12.0. The lowest BCUT2D eigenvalue weighted by atomic mass is 10.0. The Labute approximate surface area is 132 Å². The predicted molar refractivity (Wildman–Crippen MR) is 74.9 cm³/mol. The smallest absolute Gasteiger partial charge is 0.384 e. The van der Waals surface area contributed by atoms with Crippen molar-refractivity contribution in [1.29, 1.82) is 0 Å². The first-order chi connectivity index (χ1) is 10.5. The highest BCUT2D eigenvalue weighted by Crippen LogP contribution is 2.25. The van der Waals surface area contributed by atoms with Crippen molar-refractivity contribution in [3.8, 4) is 0 Å². The molecule has 8 heteroatoms. The molecule has 0 aliphatic carbocycles. The molecule has 0 aromatic carbocycles. The zero-order valence-corrected chi connectivity index (χ0v) is 13.1. The van der Waals surface area contributed by atoms with E-state index in [2.05, 4.69) is 0 Å². The van der Waals surface area contributed by atoms with E-state index in [1.165, 1.54) is 0 Å². The molecule has 2 nitrogen and oxygen atoms in total. The Balaban J connectivity index is 3.32. The minimum Gasteiger partial charge on any atom is -0.384 e. The largest absolute Gasteiger partial charge is 0.414 e.